The summed E-state index contributed by atoms with van der Waals surface area (Å²) >= 11 is 5.59. The molecule has 3 heteroatoms. The fourth-order valence-electron chi connectivity index (χ4n) is 2.51. The van der Waals surface area contributed by atoms with Gasteiger partial charge in [0.05, 0.1) is 0 Å². The van der Waals surface area contributed by atoms with Crippen LogP contribution < -0.4 is 7.22 Å². The summed E-state index contributed by atoms with van der Waals surface area (Å²) in [7, 11) is 0. The van der Waals surface area contributed by atoms with Gasteiger partial charge in [0.2, 0.25) is 0 Å². The van der Waals surface area contributed by atoms with Crippen molar-refractivity contribution in [2.45, 2.75) is 27.7 Å². The summed E-state index contributed by atoms with van der Waals surface area (Å²) < 4.78 is 2.98. The van der Waals surface area contributed by atoms with E-state index in [1.54, 1.807) is 0 Å². The summed E-state index contributed by atoms with van der Waals surface area (Å²) in [5.74, 6) is 0. The van der Waals surface area contributed by atoms with Crippen LogP contribution in [0.4, 0.5) is 0 Å². The van der Waals surface area contributed by atoms with E-state index in [4.69, 9.17) is 0 Å². The van der Waals surface area contributed by atoms with Crippen molar-refractivity contribution in [2.24, 2.45) is 0 Å². The topological polar surface area (TPSA) is 0 Å². The molecule has 0 saturated heterocycles. The third-order valence-corrected chi connectivity index (χ3v) is 18.6. The van der Waals surface area contributed by atoms with Crippen LogP contribution in [0.3, 0.4) is 0 Å². The minimum atomic E-state index is -2.63. The third kappa shape index (κ3) is 2.95. The molecule has 0 spiro atoms. The van der Waals surface area contributed by atoms with Crippen LogP contribution in [0.25, 0.3) is 0 Å². The predicted octanol–water partition coefficient (Wildman–Crippen LogP) is 4.27. The average molecular weight is 498 g/mol. The molecular weight excluding hydrogens is 480 g/mol. The normalized spacial score (nSPS) is 12.5. The van der Waals surface area contributed by atoms with E-state index in [2.05, 4.69) is 89.6 Å². The van der Waals surface area contributed by atoms with Crippen LogP contribution in [0.15, 0.2) is 36.4 Å². The van der Waals surface area contributed by atoms with Gasteiger partial charge in [0.1, 0.15) is 0 Å². The standard InChI is InChI=1S/C16H18Br2Te/c1-11-7-5-8-12(2)15(11)19(17,18)16-13(3)9-6-10-14(16)4/h5-10H,1-4H3. The second kappa shape index (κ2) is 5.90. The Morgan fingerprint density at radius 2 is 0.895 bits per heavy atom. The van der Waals surface area contributed by atoms with Gasteiger partial charge in [-0.1, -0.05) is 0 Å². The van der Waals surface area contributed by atoms with Crippen molar-refractivity contribution >= 4 is 46.5 Å². The molecular formula is C16H18Br2Te. The first kappa shape index (κ1) is 15.6. The molecule has 0 nitrogen and oxygen atoms in total. The van der Waals surface area contributed by atoms with Crippen LogP contribution in [0, 0.1) is 27.7 Å². The first-order valence-electron chi connectivity index (χ1n) is 6.20. The Kier molecular flexibility index (Phi) is 4.83. The van der Waals surface area contributed by atoms with Crippen LogP contribution in [0.5, 0.6) is 0 Å². The molecule has 0 aromatic heterocycles. The summed E-state index contributed by atoms with van der Waals surface area (Å²) in [6.07, 6.45) is 0. The van der Waals surface area contributed by atoms with Gasteiger partial charge < -0.3 is 0 Å². The van der Waals surface area contributed by atoms with Gasteiger partial charge >= 0.3 is 133 Å². The molecule has 0 bridgehead atoms. The predicted molar refractivity (Wildman–Crippen MR) is 94.7 cm³/mol. The van der Waals surface area contributed by atoms with Crippen molar-refractivity contribution in [1.82, 2.24) is 0 Å². The number of aryl methyl sites for hydroxylation is 4. The van der Waals surface area contributed by atoms with Gasteiger partial charge in [0, 0.05) is 0 Å². The summed E-state index contributed by atoms with van der Waals surface area (Å²) in [6.45, 7) is 8.83. The van der Waals surface area contributed by atoms with Crippen LogP contribution in [0.2, 0.25) is 0 Å². The Bertz CT molecular complexity index is 524. The summed E-state index contributed by atoms with van der Waals surface area (Å²) in [5.41, 5.74) is 5.49. The number of hydrogen-bond acceptors (Lipinski definition) is 0. The summed E-state index contributed by atoms with van der Waals surface area (Å²) in [6, 6.07) is 13.1. The summed E-state index contributed by atoms with van der Waals surface area (Å²) in [4.78, 5) is 0. The van der Waals surface area contributed by atoms with Crippen molar-refractivity contribution < 1.29 is 0 Å². The molecule has 102 valence electrons. The Morgan fingerprint density at radius 1 is 0.632 bits per heavy atom. The molecule has 0 atom stereocenters. The average Bonchev–Trinajstić information content (AvgIpc) is 2.27. The van der Waals surface area contributed by atoms with Crippen LogP contribution >= 0.6 is 25.5 Å². The zero-order valence-corrected chi connectivity index (χ0v) is 17.1. The zero-order chi connectivity index (χ0) is 14.2. The zero-order valence-electron chi connectivity index (χ0n) is 11.6. The first-order chi connectivity index (χ1) is 8.85. The Labute approximate surface area is 132 Å². The second-order valence-corrected chi connectivity index (χ2v) is 28.8. The minimum absolute atomic E-state index is 1.37. The van der Waals surface area contributed by atoms with Gasteiger partial charge in [-0.25, -0.2) is 0 Å². The van der Waals surface area contributed by atoms with E-state index in [1.165, 1.54) is 29.5 Å². The molecule has 0 aliphatic heterocycles. The van der Waals surface area contributed by atoms with Crippen molar-refractivity contribution in [3.8, 4) is 0 Å². The van der Waals surface area contributed by atoms with E-state index in [9.17, 15) is 0 Å². The number of halogens is 2. The van der Waals surface area contributed by atoms with Crippen LogP contribution in [-0.2, 0) is 0 Å². The fraction of sp³-hybridized carbons (Fsp3) is 0.250. The van der Waals surface area contributed by atoms with Gasteiger partial charge in [0.25, 0.3) is 0 Å². The second-order valence-electron chi connectivity index (χ2n) is 4.91. The molecule has 0 aliphatic rings. The summed E-state index contributed by atoms with van der Waals surface area (Å²) in [5, 5.41) is 0. The molecule has 2 aromatic carbocycles. The van der Waals surface area contributed by atoms with Crippen molar-refractivity contribution in [2.75, 3.05) is 0 Å². The van der Waals surface area contributed by atoms with E-state index in [0.717, 1.165) is 0 Å². The van der Waals surface area contributed by atoms with Gasteiger partial charge in [0.15, 0.2) is 0 Å². The number of rotatable bonds is 2. The number of hydrogen-bond donors (Lipinski definition) is 0. The quantitative estimate of drug-likeness (QED) is 0.544. The van der Waals surface area contributed by atoms with Crippen molar-refractivity contribution in [3.05, 3.63) is 58.7 Å². The Morgan fingerprint density at radius 3 is 1.16 bits per heavy atom. The van der Waals surface area contributed by atoms with Gasteiger partial charge in [-0.2, -0.15) is 0 Å². The van der Waals surface area contributed by atoms with Crippen LogP contribution in [0.1, 0.15) is 22.3 Å². The van der Waals surface area contributed by atoms with Crippen molar-refractivity contribution in [3.63, 3.8) is 0 Å². The van der Waals surface area contributed by atoms with Crippen molar-refractivity contribution in [1.29, 1.82) is 0 Å². The monoisotopic (exact) mass is 498 g/mol. The maximum absolute atomic E-state index is 4.11. The van der Waals surface area contributed by atoms with E-state index in [0.29, 0.717) is 0 Å². The SMILES string of the molecule is Cc1cccc(C)c1[Te](Br)(Br)c1c(C)cccc1C. The first-order valence-corrected chi connectivity index (χ1v) is 19.0. The molecule has 0 unspecified atom stereocenters. The molecule has 2 rings (SSSR count). The van der Waals surface area contributed by atoms with Gasteiger partial charge in [-0.15, -0.1) is 0 Å². The van der Waals surface area contributed by atoms with E-state index in [1.807, 2.05) is 0 Å². The molecule has 0 N–H and O–H groups in total. The van der Waals surface area contributed by atoms with Crippen LogP contribution in [-0.4, -0.2) is 13.8 Å². The van der Waals surface area contributed by atoms with Gasteiger partial charge in [-0.3, -0.25) is 0 Å². The molecule has 19 heavy (non-hydrogen) atoms. The van der Waals surface area contributed by atoms with E-state index < -0.39 is 13.8 Å². The Balaban J connectivity index is 2.73. The molecule has 0 fully saturated rings. The molecule has 0 aliphatic carbocycles. The maximum atomic E-state index is 4.11. The molecule has 0 radical (unpaired) electrons. The van der Waals surface area contributed by atoms with E-state index in [-0.39, 0.29) is 0 Å². The number of benzene rings is 2. The molecule has 2 aromatic rings. The molecule has 0 saturated carbocycles. The third-order valence-electron chi connectivity index (χ3n) is 3.33. The van der Waals surface area contributed by atoms with Gasteiger partial charge in [-0.05, 0) is 0 Å². The fourth-order valence-corrected chi connectivity index (χ4v) is 22.2. The van der Waals surface area contributed by atoms with E-state index >= 15 is 0 Å². The molecule has 0 amide bonds. The molecule has 0 heterocycles. The Hall–Kier alpha value is 0.190.